The third-order valence-corrected chi connectivity index (χ3v) is 9.79. The molecule has 8 rings (SSSR count). The van der Waals surface area contributed by atoms with Gasteiger partial charge in [0.1, 0.15) is 11.6 Å². The van der Waals surface area contributed by atoms with Crippen LogP contribution in [-0.4, -0.2) is 75.9 Å². The van der Waals surface area contributed by atoms with E-state index in [-0.39, 0.29) is 11.2 Å². The molecule has 0 spiro atoms. The van der Waals surface area contributed by atoms with Gasteiger partial charge in [-0.3, -0.25) is 9.47 Å². The second-order valence-electron chi connectivity index (χ2n) is 11.9. The molecule has 1 aromatic carbocycles. The lowest BCUT2D eigenvalue weighted by atomic mass is 9.56. The largest absolute Gasteiger partial charge is 0.378 e. The first-order valence-corrected chi connectivity index (χ1v) is 14.5. The van der Waals surface area contributed by atoms with Gasteiger partial charge in [0, 0.05) is 31.2 Å². The Morgan fingerprint density at radius 3 is 2.33 bits per heavy atom. The van der Waals surface area contributed by atoms with Crippen molar-refractivity contribution in [3.05, 3.63) is 36.2 Å². The summed E-state index contributed by atoms with van der Waals surface area (Å²) in [5.74, 6) is 1.32. The number of alkyl halides is 2. The molecule has 3 aliphatic carbocycles. The molecular formula is C29H37F2N7O. The zero-order chi connectivity index (χ0) is 26.5. The maximum atomic E-state index is 14.2. The zero-order valence-electron chi connectivity index (χ0n) is 22.4. The van der Waals surface area contributed by atoms with E-state index in [2.05, 4.69) is 20.1 Å². The molecule has 0 atom stereocenters. The fraction of sp³-hybridized carbons (Fsp3) is 0.621. The summed E-state index contributed by atoms with van der Waals surface area (Å²) < 4.78 is 35.4. The lowest BCUT2D eigenvalue weighted by Gasteiger charge is -2.57. The number of fused-ring (bicyclic) bond motifs is 4. The summed E-state index contributed by atoms with van der Waals surface area (Å²) in [6.45, 7) is 5.89. The van der Waals surface area contributed by atoms with Crippen LogP contribution in [0.15, 0.2) is 30.3 Å². The average Bonchev–Trinajstić information content (AvgIpc) is 3.67. The van der Waals surface area contributed by atoms with Crippen molar-refractivity contribution < 1.29 is 13.5 Å². The predicted octanol–water partition coefficient (Wildman–Crippen LogP) is 5.19. The van der Waals surface area contributed by atoms with E-state index in [9.17, 15) is 8.78 Å². The second kappa shape index (κ2) is 9.96. The fourth-order valence-electron chi connectivity index (χ4n) is 7.42. The minimum absolute atomic E-state index is 0.265. The first kappa shape index (κ1) is 25.1. The van der Waals surface area contributed by atoms with Crippen LogP contribution >= 0.6 is 0 Å². The summed E-state index contributed by atoms with van der Waals surface area (Å²) in [4.78, 5) is 18.8. The van der Waals surface area contributed by atoms with Gasteiger partial charge in [-0.15, -0.1) is 0 Å². The molecule has 2 bridgehead atoms. The Kier molecular flexibility index (Phi) is 6.42. The van der Waals surface area contributed by atoms with Gasteiger partial charge in [-0.2, -0.15) is 9.97 Å². The molecule has 2 aromatic heterocycles. The van der Waals surface area contributed by atoms with E-state index in [1.165, 1.54) is 69.0 Å². The first-order valence-electron chi connectivity index (χ1n) is 14.5. The van der Waals surface area contributed by atoms with E-state index in [0.717, 1.165) is 6.54 Å². The zero-order valence-corrected chi connectivity index (χ0v) is 22.4. The van der Waals surface area contributed by atoms with Crippen molar-refractivity contribution in [2.45, 2.75) is 63.3 Å². The molecule has 2 saturated heterocycles. The molecule has 5 fully saturated rings. The molecule has 2 aliphatic heterocycles. The average molecular weight is 538 g/mol. The normalized spacial score (nSPS) is 27.6. The van der Waals surface area contributed by atoms with Gasteiger partial charge in [0.2, 0.25) is 5.95 Å². The SMILES string of the molecule is FC(F)c1nc2ccccc2n1-c1cc(NCC23CCC(N4CCCC4)(CC2)CC3)nc(N2CCOCC2)n1. The van der Waals surface area contributed by atoms with E-state index < -0.39 is 6.43 Å². The molecule has 8 nitrogen and oxygen atoms in total. The van der Waals surface area contributed by atoms with Gasteiger partial charge in [-0.1, -0.05) is 12.1 Å². The van der Waals surface area contributed by atoms with Gasteiger partial charge in [0.15, 0.2) is 5.82 Å². The first-order chi connectivity index (χ1) is 19.0. The number of hydrogen-bond donors (Lipinski definition) is 1. The van der Waals surface area contributed by atoms with E-state index in [1.807, 2.05) is 18.2 Å². The number of aromatic nitrogens is 4. The molecule has 0 amide bonds. The van der Waals surface area contributed by atoms with Crippen LogP contribution in [0.2, 0.25) is 0 Å². The van der Waals surface area contributed by atoms with Crippen LogP contribution in [0.3, 0.4) is 0 Å². The van der Waals surface area contributed by atoms with Crippen molar-refractivity contribution in [1.82, 2.24) is 24.4 Å². The summed E-state index contributed by atoms with van der Waals surface area (Å²) in [6.07, 6.45) is 7.48. The van der Waals surface area contributed by atoms with E-state index in [4.69, 9.17) is 14.7 Å². The fourth-order valence-corrected chi connectivity index (χ4v) is 7.42. The Labute approximate surface area is 227 Å². The molecule has 3 aromatic rings. The molecule has 3 saturated carbocycles. The van der Waals surface area contributed by atoms with Crippen LogP contribution in [0.4, 0.5) is 20.5 Å². The molecular weight excluding hydrogens is 500 g/mol. The van der Waals surface area contributed by atoms with Crippen molar-refractivity contribution in [2.75, 3.05) is 56.2 Å². The lowest BCUT2D eigenvalue weighted by molar-refractivity contribution is -0.0386. The maximum Gasteiger partial charge on any atom is 0.296 e. The highest BCUT2D eigenvalue weighted by Gasteiger charge is 2.51. The molecule has 208 valence electrons. The van der Waals surface area contributed by atoms with Crippen LogP contribution in [0.1, 0.15) is 63.6 Å². The number of benzene rings is 1. The van der Waals surface area contributed by atoms with E-state index >= 15 is 0 Å². The van der Waals surface area contributed by atoms with Crippen molar-refractivity contribution in [2.24, 2.45) is 5.41 Å². The highest BCUT2D eigenvalue weighted by atomic mass is 19.3. The van der Waals surface area contributed by atoms with Crippen LogP contribution in [0.25, 0.3) is 16.9 Å². The third kappa shape index (κ3) is 4.55. The standard InChI is InChI=1S/C29H37F2N7O/c30-25(31)26-33-21-5-1-2-6-22(21)38(26)24-19-23(34-27(35-24)36-15-17-39-18-16-36)32-20-28-7-10-29(11-8-28,12-9-28)37-13-3-4-14-37/h1-2,5-6,19,25H,3-4,7-18,20H2,(H,32,34,35). The molecule has 10 heteroatoms. The number of para-hydroxylation sites is 2. The number of anilines is 2. The molecule has 1 N–H and O–H groups in total. The summed E-state index contributed by atoms with van der Waals surface area (Å²) >= 11 is 0. The predicted molar refractivity (Wildman–Crippen MR) is 147 cm³/mol. The number of nitrogens with zero attached hydrogens (tertiary/aromatic N) is 6. The smallest absolute Gasteiger partial charge is 0.296 e. The molecule has 39 heavy (non-hydrogen) atoms. The van der Waals surface area contributed by atoms with Gasteiger partial charge in [-0.25, -0.2) is 13.8 Å². The van der Waals surface area contributed by atoms with Crippen molar-refractivity contribution in [3.8, 4) is 5.82 Å². The van der Waals surface area contributed by atoms with Gasteiger partial charge >= 0.3 is 0 Å². The maximum absolute atomic E-state index is 14.2. The third-order valence-electron chi connectivity index (χ3n) is 9.79. The topological polar surface area (TPSA) is 71.3 Å². The lowest BCUT2D eigenvalue weighted by Crippen LogP contribution is -2.57. The highest BCUT2D eigenvalue weighted by molar-refractivity contribution is 5.78. The number of imidazole rings is 1. The summed E-state index contributed by atoms with van der Waals surface area (Å²) in [5, 5.41) is 3.65. The molecule has 0 radical (unpaired) electrons. The van der Waals surface area contributed by atoms with Gasteiger partial charge in [0.25, 0.3) is 6.43 Å². The number of likely N-dealkylation sites (tertiary alicyclic amines) is 1. The Balaban J connectivity index is 1.19. The number of morpholine rings is 1. The van der Waals surface area contributed by atoms with Crippen LogP contribution in [-0.2, 0) is 4.74 Å². The molecule has 0 unspecified atom stereocenters. The monoisotopic (exact) mass is 537 g/mol. The van der Waals surface area contributed by atoms with Crippen LogP contribution in [0, 0.1) is 5.41 Å². The summed E-state index contributed by atoms with van der Waals surface area (Å²) in [7, 11) is 0. The van der Waals surface area contributed by atoms with Crippen molar-refractivity contribution >= 4 is 22.8 Å². The Hall–Kier alpha value is -2.85. The Morgan fingerprint density at radius 1 is 0.897 bits per heavy atom. The number of halogens is 2. The minimum atomic E-state index is -2.73. The minimum Gasteiger partial charge on any atom is -0.378 e. The number of hydrogen-bond acceptors (Lipinski definition) is 7. The Morgan fingerprint density at radius 2 is 1.62 bits per heavy atom. The van der Waals surface area contributed by atoms with Crippen LogP contribution in [0.5, 0.6) is 0 Å². The summed E-state index contributed by atoms with van der Waals surface area (Å²) in [6, 6.07) is 9.03. The Bertz CT molecular complexity index is 1310. The number of rotatable bonds is 7. The van der Waals surface area contributed by atoms with Gasteiger partial charge in [0.05, 0.1) is 24.2 Å². The highest BCUT2D eigenvalue weighted by Crippen LogP contribution is 2.55. The quantitative estimate of drug-likeness (QED) is 0.445. The van der Waals surface area contributed by atoms with Gasteiger partial charge < -0.3 is 15.0 Å². The van der Waals surface area contributed by atoms with Gasteiger partial charge in [-0.05, 0) is 82.0 Å². The van der Waals surface area contributed by atoms with Crippen molar-refractivity contribution in [1.29, 1.82) is 0 Å². The molecule has 4 heterocycles. The summed E-state index contributed by atoms with van der Waals surface area (Å²) in [5.41, 5.74) is 1.83. The van der Waals surface area contributed by atoms with E-state index in [0.29, 0.717) is 60.5 Å². The van der Waals surface area contributed by atoms with Crippen molar-refractivity contribution in [3.63, 3.8) is 0 Å². The number of ether oxygens (including phenoxy) is 1. The van der Waals surface area contributed by atoms with Crippen LogP contribution < -0.4 is 10.2 Å². The molecule has 5 aliphatic rings. The number of nitrogens with one attached hydrogen (secondary N) is 1. The second-order valence-corrected chi connectivity index (χ2v) is 11.9. The van der Waals surface area contributed by atoms with E-state index in [1.54, 1.807) is 12.1 Å².